The van der Waals surface area contributed by atoms with Crippen LogP contribution in [0, 0.1) is 28.6 Å². The van der Waals surface area contributed by atoms with E-state index in [0.717, 1.165) is 37.7 Å². The predicted molar refractivity (Wildman–Crippen MR) is 228 cm³/mol. The maximum atomic E-state index is 13.3. The third kappa shape index (κ3) is 8.48. The Bertz CT molecular complexity index is 1830. The fraction of sp³-hybridized carbons (Fsp3) is 0.875. The second-order valence-electron chi connectivity index (χ2n) is 20.5. The van der Waals surface area contributed by atoms with E-state index in [1.807, 2.05) is 26.8 Å². The monoisotopic (exact) mass is 936 g/mol. The molecule has 18 nitrogen and oxygen atoms in total. The lowest BCUT2D eigenvalue weighted by atomic mass is 9.48. The van der Waals surface area contributed by atoms with Crippen molar-refractivity contribution in [3.05, 3.63) is 23.3 Å². The van der Waals surface area contributed by atoms with E-state index in [-0.39, 0.29) is 59.8 Å². The number of ketones is 1. The first-order valence-corrected chi connectivity index (χ1v) is 24.2. The second-order valence-corrected chi connectivity index (χ2v) is 20.5. The molecule has 0 aromatic rings. The van der Waals surface area contributed by atoms with Crippen LogP contribution < -0.4 is 0 Å². The molecule has 5 aliphatic heterocycles. The molecule has 18 heteroatoms. The summed E-state index contributed by atoms with van der Waals surface area (Å²) in [6.07, 6.45) is -3.65. The van der Waals surface area contributed by atoms with Crippen molar-refractivity contribution in [3.8, 4) is 0 Å². The SMILES string of the molecule is CO[C@H]1C[C@H](O[C@H]2CC[C@@]3(C)C(=CC[C@H]4C5=CC(=O)[C@@H]6[C@@H](C)OC(=O)[C@]56CC[C@@H]43)C2)O[C@H](C)[C@H]1O[C@H]1C[C@H](OC)[C@H](O[C@@H]2C[C@@H](OC)[C@@H](O[C@@H]3O[C@H](CO)[C@@H](O)[C@H](O)[C@H]3O)[C@H](C)O2)[C@@H](C)O1. The predicted octanol–water partition coefficient (Wildman–Crippen LogP) is 2.38. The van der Waals surface area contributed by atoms with E-state index in [4.69, 9.17) is 56.8 Å². The Morgan fingerprint density at radius 2 is 1.26 bits per heavy atom. The van der Waals surface area contributed by atoms with Gasteiger partial charge in [0.15, 0.2) is 30.9 Å². The highest BCUT2D eigenvalue weighted by molar-refractivity contribution is 6.05. The molecule has 4 N–H and O–H groups in total. The number of esters is 1. The van der Waals surface area contributed by atoms with Gasteiger partial charge in [0.2, 0.25) is 0 Å². The van der Waals surface area contributed by atoms with Gasteiger partial charge >= 0.3 is 5.97 Å². The lowest BCUT2D eigenvalue weighted by Crippen LogP contribution is -2.62. The molecule has 5 heterocycles. The van der Waals surface area contributed by atoms with Crippen molar-refractivity contribution in [1.82, 2.24) is 0 Å². The molecule has 7 fully saturated rings. The summed E-state index contributed by atoms with van der Waals surface area (Å²) in [7, 11) is 4.81. The molecule has 9 rings (SSSR count). The van der Waals surface area contributed by atoms with E-state index in [9.17, 15) is 30.0 Å². The summed E-state index contributed by atoms with van der Waals surface area (Å²) in [5.74, 6) is -0.0221. The Morgan fingerprint density at radius 3 is 1.82 bits per heavy atom. The van der Waals surface area contributed by atoms with Crippen molar-refractivity contribution >= 4 is 11.8 Å². The minimum Gasteiger partial charge on any atom is -0.461 e. The van der Waals surface area contributed by atoms with Gasteiger partial charge in [0.25, 0.3) is 0 Å². The van der Waals surface area contributed by atoms with Crippen molar-refractivity contribution in [2.45, 2.75) is 209 Å². The van der Waals surface area contributed by atoms with Crippen molar-refractivity contribution in [3.63, 3.8) is 0 Å². The van der Waals surface area contributed by atoms with Crippen LogP contribution >= 0.6 is 0 Å². The summed E-state index contributed by atoms with van der Waals surface area (Å²) in [5, 5.41) is 40.7. The van der Waals surface area contributed by atoms with Gasteiger partial charge in [-0.15, -0.1) is 0 Å². The first-order valence-electron chi connectivity index (χ1n) is 24.2. The smallest absolute Gasteiger partial charge is 0.317 e. The third-order valence-electron chi connectivity index (χ3n) is 17.0. The Morgan fingerprint density at radius 1 is 0.697 bits per heavy atom. The molecule has 24 atom stereocenters. The zero-order valence-corrected chi connectivity index (χ0v) is 39.4. The minimum atomic E-state index is -1.58. The van der Waals surface area contributed by atoms with E-state index < -0.39 is 104 Å². The number of methoxy groups -OCH3 is 3. The zero-order chi connectivity index (χ0) is 47.0. The number of cyclic esters (lactones) is 1. The molecule has 4 aliphatic carbocycles. The number of carbonyl (C=O) groups excluding carboxylic acids is 2. The molecular formula is C48H72O18. The highest BCUT2D eigenvalue weighted by atomic mass is 16.8. The molecule has 0 amide bonds. The second kappa shape index (κ2) is 19.3. The van der Waals surface area contributed by atoms with Gasteiger partial charge in [0.1, 0.15) is 54.2 Å². The maximum Gasteiger partial charge on any atom is 0.317 e. The van der Waals surface area contributed by atoms with Gasteiger partial charge in [-0.3, -0.25) is 9.59 Å². The van der Waals surface area contributed by atoms with Crippen LogP contribution in [0.15, 0.2) is 23.3 Å². The standard InChI is InChI=1S/C48H72O18/c1-21-38-30(50)16-29-27-10-9-25-15-26(11-13-47(25,5)28(27)12-14-48(29,38)46(54)61-21)62-35-17-31(55-6)42(22(2)58-35)64-36-18-32(56-7)43(23(3)59-36)65-37-19-33(57-8)44(24(4)60-37)66-45-41(53)40(52)39(51)34(20-49)63-45/h9,16,21-24,26-28,31-45,49,51-53H,10-15,17-20H2,1-8H3/t21-,22-,23-,24+,26+,27-,28+,31+,32+,33-,34-,35+,36+,37-,38+,39-,40+,41-,42-,43-,44+,45+,47+,48-/m1/s1. The summed E-state index contributed by atoms with van der Waals surface area (Å²) in [6, 6.07) is 0. The van der Waals surface area contributed by atoms with Gasteiger partial charge in [-0.2, -0.15) is 0 Å². The number of aliphatic hydroxyl groups excluding tert-OH is 4. The number of hydrogen-bond donors (Lipinski definition) is 4. The summed E-state index contributed by atoms with van der Waals surface area (Å²) < 4.78 is 74.2. The summed E-state index contributed by atoms with van der Waals surface area (Å²) >= 11 is 0. The Labute approximate surface area is 386 Å². The number of fused-ring (bicyclic) bond motifs is 4. The molecule has 372 valence electrons. The quantitative estimate of drug-likeness (QED) is 0.163. The van der Waals surface area contributed by atoms with Crippen LogP contribution in [0.25, 0.3) is 0 Å². The maximum absolute atomic E-state index is 13.3. The van der Waals surface area contributed by atoms with Gasteiger partial charge < -0.3 is 77.3 Å². The largest absolute Gasteiger partial charge is 0.461 e. The highest BCUT2D eigenvalue weighted by Gasteiger charge is 2.68. The highest BCUT2D eigenvalue weighted by Crippen LogP contribution is 2.66. The van der Waals surface area contributed by atoms with E-state index in [0.29, 0.717) is 25.2 Å². The average molecular weight is 937 g/mol. The van der Waals surface area contributed by atoms with Gasteiger partial charge in [-0.05, 0) is 95.1 Å². The van der Waals surface area contributed by atoms with E-state index in [1.165, 1.54) is 12.7 Å². The van der Waals surface area contributed by atoms with E-state index >= 15 is 0 Å². The normalized spacial score (nSPS) is 51.5. The molecule has 9 aliphatic rings. The molecule has 1 spiro atoms. The Balaban J connectivity index is 0.771. The Hall–Kier alpha value is -1.98. The Kier molecular flexibility index (Phi) is 14.3. The average Bonchev–Trinajstić information content (AvgIpc) is 3.75. The van der Waals surface area contributed by atoms with Crippen LogP contribution in [0.4, 0.5) is 0 Å². The van der Waals surface area contributed by atoms with Crippen LogP contribution in [-0.2, 0) is 66.4 Å². The van der Waals surface area contributed by atoms with E-state index in [2.05, 4.69) is 13.0 Å². The molecule has 0 radical (unpaired) electrons. The molecule has 0 bridgehead atoms. The van der Waals surface area contributed by atoms with Crippen LogP contribution in [0.1, 0.15) is 92.4 Å². The van der Waals surface area contributed by atoms with Crippen LogP contribution in [0.2, 0.25) is 0 Å². The number of ether oxygens (including phenoxy) is 12. The number of aliphatic hydroxyl groups is 4. The number of rotatable bonds is 12. The fourth-order valence-electron chi connectivity index (χ4n) is 13.5. The van der Waals surface area contributed by atoms with Crippen molar-refractivity contribution in [2.75, 3.05) is 27.9 Å². The summed E-state index contributed by atoms with van der Waals surface area (Å²) in [6.45, 7) is 9.28. The van der Waals surface area contributed by atoms with Crippen molar-refractivity contribution in [2.24, 2.45) is 28.6 Å². The van der Waals surface area contributed by atoms with Crippen LogP contribution in [-0.4, -0.2) is 177 Å². The summed E-state index contributed by atoms with van der Waals surface area (Å²) in [4.78, 5) is 26.5. The molecule has 0 aromatic heterocycles. The van der Waals surface area contributed by atoms with Crippen LogP contribution in [0.5, 0.6) is 0 Å². The molecular weight excluding hydrogens is 865 g/mol. The van der Waals surface area contributed by atoms with Gasteiger partial charge in [0, 0.05) is 40.6 Å². The van der Waals surface area contributed by atoms with Crippen molar-refractivity contribution in [1.29, 1.82) is 0 Å². The van der Waals surface area contributed by atoms with Crippen LogP contribution in [0.3, 0.4) is 0 Å². The number of carbonyl (C=O) groups is 2. The van der Waals surface area contributed by atoms with Crippen molar-refractivity contribution < 1.29 is 86.9 Å². The first kappa shape index (κ1) is 49.0. The minimum absolute atomic E-state index is 0.0246. The van der Waals surface area contributed by atoms with Gasteiger partial charge in [-0.1, -0.05) is 18.6 Å². The van der Waals surface area contributed by atoms with E-state index in [1.54, 1.807) is 21.1 Å². The third-order valence-corrected chi connectivity index (χ3v) is 17.0. The lowest BCUT2D eigenvalue weighted by Gasteiger charge is -2.55. The first-order chi connectivity index (χ1) is 31.5. The molecule has 2 saturated carbocycles. The van der Waals surface area contributed by atoms with Gasteiger partial charge in [0.05, 0.1) is 55.3 Å². The zero-order valence-electron chi connectivity index (χ0n) is 39.4. The lowest BCUT2D eigenvalue weighted by molar-refractivity contribution is -0.357. The topological polar surface area (TPSA) is 226 Å². The molecule has 0 unspecified atom stereocenters. The van der Waals surface area contributed by atoms with Gasteiger partial charge in [-0.25, -0.2) is 0 Å². The number of allylic oxidation sites excluding steroid dienone is 2. The molecule has 0 aromatic carbocycles. The number of hydrogen-bond acceptors (Lipinski definition) is 18. The summed E-state index contributed by atoms with van der Waals surface area (Å²) in [5.41, 5.74) is 1.61. The molecule has 66 heavy (non-hydrogen) atoms. The fourth-order valence-corrected chi connectivity index (χ4v) is 13.5. The molecule has 5 saturated heterocycles.